The Balaban J connectivity index is 2.88. The predicted molar refractivity (Wildman–Crippen MR) is 50.5 cm³/mol. The first-order valence-corrected chi connectivity index (χ1v) is 4.44. The van der Waals surface area contributed by atoms with E-state index in [4.69, 9.17) is 5.73 Å². The van der Waals surface area contributed by atoms with Crippen molar-refractivity contribution < 1.29 is 5.11 Å². The quantitative estimate of drug-likeness (QED) is 0.804. The van der Waals surface area contributed by atoms with E-state index in [9.17, 15) is 5.11 Å². The second-order valence-electron chi connectivity index (χ2n) is 2.70. The highest BCUT2D eigenvalue weighted by atomic mass is 79.9. The molecule has 0 aliphatic heterocycles. The minimum atomic E-state index is -0.555. The monoisotopic (exact) mass is 230 g/mol. The first-order chi connectivity index (χ1) is 5.61. The van der Waals surface area contributed by atoms with Crippen LogP contribution in [0.1, 0.15) is 18.5 Å². The largest absolute Gasteiger partial charge is 0.391 e. The molecule has 3 nitrogen and oxygen atoms in total. The zero-order valence-corrected chi connectivity index (χ0v) is 8.32. The summed E-state index contributed by atoms with van der Waals surface area (Å²) in [5.74, 6) is 0. The number of halogens is 1. The maximum absolute atomic E-state index is 9.20. The van der Waals surface area contributed by atoms with Crippen LogP contribution in [0.15, 0.2) is 22.9 Å². The zero-order chi connectivity index (χ0) is 9.14. The second kappa shape index (κ2) is 3.98. The van der Waals surface area contributed by atoms with Gasteiger partial charge in [0.15, 0.2) is 0 Å². The van der Waals surface area contributed by atoms with Gasteiger partial charge in [-0.25, -0.2) is 0 Å². The van der Waals surface area contributed by atoms with Crippen LogP contribution in [0, 0.1) is 0 Å². The van der Waals surface area contributed by atoms with E-state index in [2.05, 4.69) is 20.9 Å². The second-order valence-corrected chi connectivity index (χ2v) is 3.62. The van der Waals surface area contributed by atoms with Gasteiger partial charge in [0.05, 0.1) is 12.1 Å². The van der Waals surface area contributed by atoms with E-state index in [-0.39, 0.29) is 6.04 Å². The summed E-state index contributed by atoms with van der Waals surface area (Å²) < 4.78 is 0.871. The molecule has 0 saturated carbocycles. The summed E-state index contributed by atoms with van der Waals surface area (Å²) in [6.07, 6.45) is 2.78. The van der Waals surface area contributed by atoms with E-state index in [1.54, 1.807) is 19.3 Å². The van der Waals surface area contributed by atoms with Gasteiger partial charge in [0.2, 0.25) is 0 Å². The third-order valence-corrected chi connectivity index (χ3v) is 2.06. The summed E-state index contributed by atoms with van der Waals surface area (Å²) in [6.45, 7) is 1.66. The Morgan fingerprint density at radius 3 is 2.75 bits per heavy atom. The highest BCUT2D eigenvalue weighted by Crippen LogP contribution is 2.17. The van der Waals surface area contributed by atoms with Crippen LogP contribution in [0.2, 0.25) is 0 Å². The van der Waals surface area contributed by atoms with Crippen LogP contribution in [0.4, 0.5) is 0 Å². The molecular weight excluding hydrogens is 220 g/mol. The average molecular weight is 231 g/mol. The van der Waals surface area contributed by atoms with Crippen molar-refractivity contribution in [2.24, 2.45) is 5.73 Å². The fraction of sp³-hybridized carbons (Fsp3) is 0.375. The molecule has 66 valence electrons. The molecule has 0 aromatic carbocycles. The fourth-order valence-corrected chi connectivity index (χ4v) is 1.27. The minimum Gasteiger partial charge on any atom is -0.391 e. The number of aliphatic hydroxyl groups is 1. The SMILES string of the molecule is C[C@H](O)[C@H](N)c1cncc(Br)c1. The van der Waals surface area contributed by atoms with Gasteiger partial charge < -0.3 is 10.8 Å². The molecule has 3 N–H and O–H groups in total. The summed E-state index contributed by atoms with van der Waals surface area (Å²) in [4.78, 5) is 3.95. The van der Waals surface area contributed by atoms with Crippen LogP contribution in [-0.2, 0) is 0 Å². The van der Waals surface area contributed by atoms with Crippen LogP contribution in [-0.4, -0.2) is 16.2 Å². The molecule has 2 atom stereocenters. The molecule has 0 radical (unpaired) electrons. The molecular formula is C8H11BrN2O. The summed E-state index contributed by atoms with van der Waals surface area (Å²) in [6, 6.07) is 1.49. The van der Waals surface area contributed by atoms with Crippen molar-refractivity contribution in [3.63, 3.8) is 0 Å². The number of rotatable bonds is 2. The van der Waals surface area contributed by atoms with E-state index in [0.717, 1.165) is 10.0 Å². The molecule has 12 heavy (non-hydrogen) atoms. The molecule has 0 aliphatic carbocycles. The molecule has 1 rings (SSSR count). The Bertz CT molecular complexity index is 265. The molecule has 0 fully saturated rings. The van der Waals surface area contributed by atoms with Gasteiger partial charge >= 0.3 is 0 Å². The maximum atomic E-state index is 9.20. The molecule has 0 aliphatic rings. The van der Waals surface area contributed by atoms with Gasteiger partial charge in [-0.1, -0.05) is 0 Å². The Hall–Kier alpha value is -0.450. The van der Waals surface area contributed by atoms with Gasteiger partial charge in [0.25, 0.3) is 0 Å². The average Bonchev–Trinajstić information content (AvgIpc) is 2.03. The van der Waals surface area contributed by atoms with Gasteiger partial charge in [0.1, 0.15) is 0 Å². The van der Waals surface area contributed by atoms with Crippen LogP contribution in [0.5, 0.6) is 0 Å². The highest BCUT2D eigenvalue weighted by molar-refractivity contribution is 9.10. The van der Waals surface area contributed by atoms with E-state index < -0.39 is 6.10 Å². The van der Waals surface area contributed by atoms with Gasteiger partial charge in [0, 0.05) is 16.9 Å². The van der Waals surface area contributed by atoms with Crippen LogP contribution in [0.25, 0.3) is 0 Å². The summed E-state index contributed by atoms with van der Waals surface area (Å²) in [7, 11) is 0. The fourth-order valence-electron chi connectivity index (χ4n) is 0.889. The smallest absolute Gasteiger partial charge is 0.0705 e. The lowest BCUT2D eigenvalue weighted by Crippen LogP contribution is -2.23. The van der Waals surface area contributed by atoms with Gasteiger partial charge in [-0.05, 0) is 34.5 Å². The van der Waals surface area contributed by atoms with E-state index in [1.807, 2.05) is 6.07 Å². The summed E-state index contributed by atoms with van der Waals surface area (Å²) in [5.41, 5.74) is 6.53. The van der Waals surface area contributed by atoms with Crippen molar-refractivity contribution in [2.45, 2.75) is 19.1 Å². The van der Waals surface area contributed by atoms with Crippen LogP contribution >= 0.6 is 15.9 Å². The number of nitrogens with zero attached hydrogens (tertiary/aromatic N) is 1. The minimum absolute atomic E-state index is 0.366. The lowest BCUT2D eigenvalue weighted by Gasteiger charge is -2.14. The van der Waals surface area contributed by atoms with Crippen molar-refractivity contribution >= 4 is 15.9 Å². The Morgan fingerprint density at radius 1 is 1.58 bits per heavy atom. The lowest BCUT2D eigenvalue weighted by molar-refractivity contribution is 0.164. The van der Waals surface area contributed by atoms with E-state index >= 15 is 0 Å². The van der Waals surface area contributed by atoms with Gasteiger partial charge in [-0.3, -0.25) is 4.98 Å². The molecule has 1 aromatic heterocycles. The first kappa shape index (κ1) is 9.64. The normalized spacial score (nSPS) is 15.7. The predicted octanol–water partition coefficient (Wildman–Crippen LogP) is 1.22. The summed E-state index contributed by atoms with van der Waals surface area (Å²) >= 11 is 3.28. The molecule has 0 unspecified atom stereocenters. The van der Waals surface area contributed by atoms with Crippen molar-refractivity contribution in [3.8, 4) is 0 Å². The van der Waals surface area contributed by atoms with E-state index in [1.165, 1.54) is 0 Å². The van der Waals surface area contributed by atoms with Crippen molar-refractivity contribution in [2.75, 3.05) is 0 Å². The Morgan fingerprint density at radius 2 is 2.25 bits per heavy atom. The van der Waals surface area contributed by atoms with Crippen molar-refractivity contribution in [1.29, 1.82) is 0 Å². The Labute approximate surface area is 79.7 Å². The third kappa shape index (κ3) is 2.27. The van der Waals surface area contributed by atoms with Crippen LogP contribution < -0.4 is 5.73 Å². The third-order valence-electron chi connectivity index (χ3n) is 1.63. The number of aromatic nitrogens is 1. The Kier molecular flexibility index (Phi) is 3.20. The topological polar surface area (TPSA) is 59.1 Å². The molecule has 0 amide bonds. The standard InChI is InChI=1S/C8H11BrN2O/c1-5(12)8(10)6-2-7(9)4-11-3-6/h2-5,8,12H,10H2,1H3/t5-,8-/m0/s1. The molecule has 0 bridgehead atoms. The number of hydrogen-bond donors (Lipinski definition) is 2. The van der Waals surface area contributed by atoms with Gasteiger partial charge in [-0.2, -0.15) is 0 Å². The molecule has 0 saturated heterocycles. The zero-order valence-electron chi connectivity index (χ0n) is 6.74. The van der Waals surface area contributed by atoms with Crippen molar-refractivity contribution in [3.05, 3.63) is 28.5 Å². The molecule has 1 heterocycles. The highest BCUT2D eigenvalue weighted by Gasteiger charge is 2.11. The van der Waals surface area contributed by atoms with E-state index in [0.29, 0.717) is 0 Å². The number of pyridine rings is 1. The number of aliphatic hydroxyl groups excluding tert-OH is 1. The number of nitrogens with two attached hydrogens (primary N) is 1. The maximum Gasteiger partial charge on any atom is 0.0705 e. The van der Waals surface area contributed by atoms with Crippen molar-refractivity contribution in [1.82, 2.24) is 4.98 Å². The molecule has 4 heteroatoms. The summed E-state index contributed by atoms with van der Waals surface area (Å²) in [5, 5.41) is 9.20. The molecule has 0 spiro atoms. The first-order valence-electron chi connectivity index (χ1n) is 3.65. The molecule has 1 aromatic rings. The van der Waals surface area contributed by atoms with Crippen LogP contribution in [0.3, 0.4) is 0 Å². The lowest BCUT2D eigenvalue weighted by atomic mass is 10.1. The number of hydrogen-bond acceptors (Lipinski definition) is 3. The van der Waals surface area contributed by atoms with Gasteiger partial charge in [-0.15, -0.1) is 0 Å².